The normalized spacial score (nSPS) is 17.0. The summed E-state index contributed by atoms with van der Waals surface area (Å²) in [4.78, 5) is 0.275. The molecule has 0 fully saturated rings. The number of aryl methyl sites for hydroxylation is 6. The summed E-state index contributed by atoms with van der Waals surface area (Å²) in [5.41, 5.74) is 4.38. The molecule has 174 valence electrons. The Bertz CT molecular complexity index is 1450. The van der Waals surface area contributed by atoms with Crippen LogP contribution in [-0.4, -0.2) is 28.3 Å². The van der Waals surface area contributed by atoms with Crippen LogP contribution in [0.15, 0.2) is 66.1 Å². The number of nitrogens with zero attached hydrogens (tertiary/aromatic N) is 2. The Kier molecular flexibility index (Phi) is 6.84. The van der Waals surface area contributed by atoms with Crippen LogP contribution in [-0.2, 0) is 20.0 Å². The molecule has 6 nitrogen and oxygen atoms in total. The zero-order chi connectivity index (χ0) is 24.7. The van der Waals surface area contributed by atoms with Gasteiger partial charge in [0.15, 0.2) is 0 Å². The van der Waals surface area contributed by atoms with E-state index in [0.29, 0.717) is 22.3 Å². The van der Waals surface area contributed by atoms with E-state index in [1.807, 2.05) is 13.8 Å². The number of allylic oxidation sites excluding steroid dienone is 4. The Labute approximate surface area is 200 Å². The van der Waals surface area contributed by atoms with Crippen molar-refractivity contribution < 1.29 is 16.8 Å². The maximum Gasteiger partial charge on any atom is 0.283 e. The number of hydrogen-bond donors (Lipinski definition) is 0. The molecule has 0 amide bonds. The average molecular weight is 505 g/mol. The van der Waals surface area contributed by atoms with Gasteiger partial charge in [0.2, 0.25) is 0 Å². The second-order valence-corrected chi connectivity index (χ2v) is 11.7. The van der Waals surface area contributed by atoms with Crippen LogP contribution in [0.4, 0.5) is 0 Å². The first kappa shape index (κ1) is 25.1. The molecule has 1 aliphatic carbocycles. The minimum absolute atomic E-state index is 0.00934. The van der Waals surface area contributed by atoms with Gasteiger partial charge in [-0.15, -0.1) is 0 Å². The third-order valence-electron chi connectivity index (χ3n) is 5.10. The van der Waals surface area contributed by atoms with Gasteiger partial charge in [-0.2, -0.15) is 25.6 Å². The lowest BCUT2D eigenvalue weighted by Crippen LogP contribution is -2.12. The second-order valence-electron chi connectivity index (χ2n) is 8.22. The first-order valence-corrected chi connectivity index (χ1v) is 13.4. The van der Waals surface area contributed by atoms with Crippen molar-refractivity contribution in [1.82, 2.24) is 0 Å². The van der Waals surface area contributed by atoms with Crippen molar-refractivity contribution in [2.75, 3.05) is 0 Å². The van der Waals surface area contributed by atoms with Gasteiger partial charge in [-0.25, -0.2) is 0 Å². The lowest BCUT2D eigenvalue weighted by atomic mass is 10.1. The molecule has 0 spiro atoms. The van der Waals surface area contributed by atoms with E-state index in [-0.39, 0.29) is 26.2 Å². The van der Waals surface area contributed by atoms with Gasteiger partial charge in [0.1, 0.15) is 0 Å². The van der Waals surface area contributed by atoms with Crippen LogP contribution in [0.25, 0.3) is 0 Å². The first-order chi connectivity index (χ1) is 15.2. The molecular formula is C24H25ClN2O4S2. The highest BCUT2D eigenvalue weighted by Crippen LogP contribution is 2.27. The van der Waals surface area contributed by atoms with E-state index in [1.54, 1.807) is 52.0 Å². The molecule has 2 aromatic rings. The van der Waals surface area contributed by atoms with Crippen LogP contribution in [0.3, 0.4) is 0 Å². The number of benzene rings is 2. The van der Waals surface area contributed by atoms with E-state index in [9.17, 15) is 16.8 Å². The summed E-state index contributed by atoms with van der Waals surface area (Å²) < 4.78 is 59.6. The molecular weight excluding hydrogens is 480 g/mol. The highest BCUT2D eigenvalue weighted by molar-refractivity contribution is 7.90. The molecule has 0 bridgehead atoms. The minimum Gasteiger partial charge on any atom is -0.199 e. The van der Waals surface area contributed by atoms with Gasteiger partial charge in [-0.1, -0.05) is 47.0 Å². The molecule has 0 saturated carbocycles. The molecule has 0 aliphatic heterocycles. The predicted octanol–water partition coefficient (Wildman–Crippen LogP) is 5.19. The highest BCUT2D eigenvalue weighted by atomic mass is 35.5. The van der Waals surface area contributed by atoms with Gasteiger partial charge in [0, 0.05) is 0 Å². The minimum atomic E-state index is -4.03. The smallest absolute Gasteiger partial charge is 0.199 e. The van der Waals surface area contributed by atoms with Crippen molar-refractivity contribution in [3.8, 4) is 0 Å². The Morgan fingerprint density at radius 2 is 1.03 bits per heavy atom. The van der Waals surface area contributed by atoms with Crippen molar-refractivity contribution in [2.24, 2.45) is 8.80 Å². The summed E-state index contributed by atoms with van der Waals surface area (Å²) in [5, 5.41) is -0.0187. The van der Waals surface area contributed by atoms with Gasteiger partial charge < -0.3 is 0 Å². The predicted molar refractivity (Wildman–Crippen MR) is 134 cm³/mol. The lowest BCUT2D eigenvalue weighted by Gasteiger charge is -2.12. The maximum atomic E-state index is 13.0. The molecule has 0 aromatic heterocycles. The highest BCUT2D eigenvalue weighted by Gasteiger charge is 2.23. The van der Waals surface area contributed by atoms with Crippen LogP contribution in [0.5, 0.6) is 0 Å². The van der Waals surface area contributed by atoms with Crippen LogP contribution in [0.1, 0.15) is 33.4 Å². The van der Waals surface area contributed by atoms with Crippen molar-refractivity contribution in [1.29, 1.82) is 0 Å². The second kappa shape index (κ2) is 9.00. The molecule has 0 N–H and O–H groups in total. The zero-order valence-electron chi connectivity index (χ0n) is 19.3. The fourth-order valence-corrected chi connectivity index (χ4v) is 7.26. The van der Waals surface area contributed by atoms with Gasteiger partial charge in [0.05, 0.1) is 26.2 Å². The van der Waals surface area contributed by atoms with Crippen molar-refractivity contribution in [2.45, 2.75) is 51.3 Å². The Hall–Kier alpha value is -2.55. The summed E-state index contributed by atoms with van der Waals surface area (Å²) in [5.74, 6) is 0. The van der Waals surface area contributed by atoms with Gasteiger partial charge in [-0.3, -0.25) is 0 Å². The van der Waals surface area contributed by atoms with Crippen LogP contribution in [0, 0.1) is 41.5 Å². The lowest BCUT2D eigenvalue weighted by molar-refractivity contribution is 0.595. The van der Waals surface area contributed by atoms with Crippen LogP contribution >= 0.6 is 11.6 Å². The third kappa shape index (κ3) is 5.34. The fourth-order valence-electron chi connectivity index (χ4n) is 4.13. The zero-order valence-corrected chi connectivity index (χ0v) is 21.7. The Balaban J connectivity index is 2.00. The number of sulfonamides is 2. The van der Waals surface area contributed by atoms with E-state index in [0.717, 1.165) is 11.1 Å². The standard InChI is InChI=1S/C24H25ClN2O4S2/c1-14-9-16(3)23(17(4)10-14)32(28,29)26-20-7-8-22(21(25)13-20)27-33(30,31)24-18(5)11-15(2)12-19(24)6/h7-13H,1-6H3/b26-20-,27-22+. The van der Waals surface area contributed by atoms with Crippen LogP contribution in [0.2, 0.25) is 0 Å². The maximum absolute atomic E-state index is 13.0. The summed E-state index contributed by atoms with van der Waals surface area (Å²) >= 11 is 6.27. The fraction of sp³-hybridized carbons (Fsp3) is 0.250. The monoisotopic (exact) mass is 504 g/mol. The SMILES string of the molecule is Cc1cc(C)c(S(=O)(=O)/N=C2C=C/C(=N\S(=O)(=O)c3c(C)cc(C)cc3C)C(Cl)=C/2)c(C)c1. The molecule has 0 heterocycles. The van der Waals surface area contributed by atoms with E-state index in [1.165, 1.54) is 18.2 Å². The van der Waals surface area contributed by atoms with Crippen LogP contribution < -0.4 is 0 Å². The van der Waals surface area contributed by atoms with Crippen molar-refractivity contribution in [3.63, 3.8) is 0 Å². The molecule has 0 saturated heterocycles. The van der Waals surface area contributed by atoms with Crippen molar-refractivity contribution >= 4 is 43.1 Å². The molecule has 9 heteroatoms. The van der Waals surface area contributed by atoms with Crippen molar-refractivity contribution in [3.05, 3.63) is 80.9 Å². The molecule has 0 radical (unpaired) electrons. The molecule has 2 aromatic carbocycles. The van der Waals surface area contributed by atoms with E-state index in [4.69, 9.17) is 11.6 Å². The van der Waals surface area contributed by atoms with E-state index >= 15 is 0 Å². The number of halogens is 1. The average Bonchev–Trinajstić information content (AvgIpc) is 2.61. The topological polar surface area (TPSA) is 93.0 Å². The molecule has 0 atom stereocenters. The number of rotatable bonds is 4. The number of hydrogen-bond acceptors (Lipinski definition) is 4. The summed E-state index contributed by atoms with van der Waals surface area (Å²) in [7, 11) is -8.03. The van der Waals surface area contributed by atoms with Gasteiger partial charge >= 0.3 is 0 Å². The molecule has 1 aliphatic rings. The summed E-state index contributed by atoms with van der Waals surface area (Å²) in [6.45, 7) is 10.6. The summed E-state index contributed by atoms with van der Waals surface area (Å²) in [6, 6.07) is 7.12. The summed E-state index contributed by atoms with van der Waals surface area (Å²) in [6.07, 6.45) is 4.02. The van der Waals surface area contributed by atoms with Gasteiger partial charge in [-0.05, 0) is 82.0 Å². The molecule has 33 heavy (non-hydrogen) atoms. The quantitative estimate of drug-likeness (QED) is 0.535. The Morgan fingerprint density at radius 1 is 0.636 bits per heavy atom. The largest absolute Gasteiger partial charge is 0.283 e. The van der Waals surface area contributed by atoms with E-state index < -0.39 is 20.0 Å². The third-order valence-corrected chi connectivity index (χ3v) is 8.61. The van der Waals surface area contributed by atoms with Gasteiger partial charge in [0.25, 0.3) is 20.0 Å². The Morgan fingerprint density at radius 3 is 1.42 bits per heavy atom. The molecule has 3 rings (SSSR count). The molecule has 0 unspecified atom stereocenters. The van der Waals surface area contributed by atoms with E-state index in [2.05, 4.69) is 8.80 Å². The first-order valence-electron chi connectivity index (χ1n) is 10.1.